The first-order valence-corrected chi connectivity index (χ1v) is 16.3. The number of hydrogen-bond donors (Lipinski definition) is 0. The summed E-state index contributed by atoms with van der Waals surface area (Å²) < 4.78 is 12.0. The molecule has 0 spiro atoms. The van der Waals surface area contributed by atoms with Gasteiger partial charge in [0, 0.05) is 41.5 Å². The molecule has 6 fully saturated rings. The van der Waals surface area contributed by atoms with E-state index < -0.39 is 0 Å². The van der Waals surface area contributed by atoms with Crippen molar-refractivity contribution in [1.82, 2.24) is 15.1 Å². The third kappa shape index (κ3) is 5.03. The molecule has 2 bridgehead atoms. The molecule has 7 heteroatoms. The summed E-state index contributed by atoms with van der Waals surface area (Å²) in [5.41, 5.74) is 2.18. The maximum atomic E-state index is 14.1. The molecule has 3 aromatic rings. The molecule has 6 aliphatic rings. The first kappa shape index (κ1) is 25.7. The average Bonchev–Trinajstić information content (AvgIpc) is 3.96. The summed E-state index contributed by atoms with van der Waals surface area (Å²) in [5.74, 6) is 5.26. The second-order valence-corrected chi connectivity index (χ2v) is 14.1. The fourth-order valence-corrected chi connectivity index (χ4v) is 7.95. The SMILES string of the molecule is O=C(CC1CCCCC1)N(CC12CCC(c3nc(C4CC4)no3)(CC1)CC2)c1cccc(-c2cnc(C3CC3)o2)c1. The highest BCUT2D eigenvalue weighted by Crippen LogP contribution is 2.58. The minimum Gasteiger partial charge on any atom is -0.440 e. The Labute approximate surface area is 242 Å². The van der Waals surface area contributed by atoms with Gasteiger partial charge in [0.05, 0.1) is 6.20 Å². The van der Waals surface area contributed by atoms with Gasteiger partial charge in [0.25, 0.3) is 0 Å². The van der Waals surface area contributed by atoms with E-state index in [9.17, 15) is 4.79 Å². The Hall–Kier alpha value is -2.96. The van der Waals surface area contributed by atoms with Crippen molar-refractivity contribution in [2.45, 2.75) is 120 Å². The highest BCUT2D eigenvalue weighted by molar-refractivity contribution is 5.94. The summed E-state index contributed by atoms with van der Waals surface area (Å²) in [5, 5.41) is 4.34. The van der Waals surface area contributed by atoms with Crippen molar-refractivity contribution in [2.24, 2.45) is 11.3 Å². The van der Waals surface area contributed by atoms with Crippen LogP contribution in [0.15, 0.2) is 39.4 Å². The van der Waals surface area contributed by atoms with Crippen LogP contribution in [0.4, 0.5) is 5.69 Å². The van der Waals surface area contributed by atoms with Gasteiger partial charge < -0.3 is 13.8 Å². The molecular weight excluding hydrogens is 512 g/mol. The lowest BCUT2D eigenvalue weighted by molar-refractivity contribution is -0.120. The summed E-state index contributed by atoms with van der Waals surface area (Å²) >= 11 is 0. The molecule has 2 heterocycles. The van der Waals surface area contributed by atoms with Crippen LogP contribution in [0, 0.1) is 11.3 Å². The minimum absolute atomic E-state index is 0.0320. The number of fused-ring (bicyclic) bond motifs is 3. The van der Waals surface area contributed by atoms with E-state index in [0.29, 0.717) is 24.2 Å². The number of hydrogen-bond acceptors (Lipinski definition) is 6. The summed E-state index contributed by atoms with van der Waals surface area (Å²) in [7, 11) is 0. The molecule has 0 atom stereocenters. The number of anilines is 1. The zero-order valence-corrected chi connectivity index (χ0v) is 24.2. The molecule has 6 saturated carbocycles. The first-order valence-electron chi connectivity index (χ1n) is 16.3. The van der Waals surface area contributed by atoms with Gasteiger partial charge in [-0.05, 0) is 101 Å². The molecule has 216 valence electrons. The van der Waals surface area contributed by atoms with Gasteiger partial charge in [-0.3, -0.25) is 4.79 Å². The fraction of sp³-hybridized carbons (Fsp3) is 0.647. The number of benzene rings is 1. The smallest absolute Gasteiger partial charge is 0.232 e. The standard InChI is InChI=1S/C34H42N4O3/c39-29(19-23-5-2-1-3-6-23)38(27-8-4-7-26(20-27)28-21-35-31(40-28)25-11-12-25)22-33-13-16-34(17-14-33,18-15-33)32-36-30(37-41-32)24-9-10-24/h4,7-8,20-21,23-25H,1-3,5-6,9-19,22H2. The summed E-state index contributed by atoms with van der Waals surface area (Å²) in [4.78, 5) is 25.7. The third-order valence-electron chi connectivity index (χ3n) is 11.1. The monoisotopic (exact) mass is 554 g/mol. The maximum Gasteiger partial charge on any atom is 0.232 e. The molecular formula is C34H42N4O3. The maximum absolute atomic E-state index is 14.1. The highest BCUT2D eigenvalue weighted by atomic mass is 16.5. The van der Waals surface area contributed by atoms with Gasteiger partial charge in [0.2, 0.25) is 11.8 Å². The number of amides is 1. The van der Waals surface area contributed by atoms with E-state index in [0.717, 1.165) is 79.7 Å². The van der Waals surface area contributed by atoms with Crippen LogP contribution in [-0.2, 0) is 10.2 Å². The molecule has 2 aromatic heterocycles. The van der Waals surface area contributed by atoms with Crippen molar-refractivity contribution < 1.29 is 13.7 Å². The minimum atomic E-state index is 0.0320. The largest absolute Gasteiger partial charge is 0.440 e. The van der Waals surface area contributed by atoms with Crippen molar-refractivity contribution in [2.75, 3.05) is 11.4 Å². The Morgan fingerprint density at radius 1 is 0.927 bits per heavy atom. The van der Waals surface area contributed by atoms with E-state index in [1.165, 1.54) is 57.8 Å². The molecule has 1 amide bonds. The van der Waals surface area contributed by atoms with Crippen LogP contribution in [0.5, 0.6) is 0 Å². The van der Waals surface area contributed by atoms with Crippen molar-refractivity contribution in [3.8, 4) is 11.3 Å². The molecule has 0 N–H and O–H groups in total. The molecule has 0 saturated heterocycles. The van der Waals surface area contributed by atoms with Gasteiger partial charge in [-0.1, -0.05) is 36.6 Å². The third-order valence-corrected chi connectivity index (χ3v) is 11.1. The quantitative estimate of drug-likeness (QED) is 0.266. The van der Waals surface area contributed by atoms with Crippen LogP contribution in [-0.4, -0.2) is 27.6 Å². The summed E-state index contributed by atoms with van der Waals surface area (Å²) in [6, 6.07) is 8.42. The lowest BCUT2D eigenvalue weighted by Crippen LogP contribution is -2.51. The average molecular weight is 555 g/mol. The zero-order chi connectivity index (χ0) is 27.4. The van der Waals surface area contributed by atoms with Gasteiger partial charge in [0.1, 0.15) is 0 Å². The number of aromatic nitrogens is 3. The molecule has 0 unspecified atom stereocenters. The van der Waals surface area contributed by atoms with Crippen LogP contribution < -0.4 is 4.90 Å². The summed E-state index contributed by atoms with van der Waals surface area (Å²) in [6.07, 6.45) is 20.0. The number of oxazole rings is 1. The molecule has 41 heavy (non-hydrogen) atoms. The fourth-order valence-electron chi connectivity index (χ4n) is 7.95. The predicted molar refractivity (Wildman–Crippen MR) is 156 cm³/mol. The Morgan fingerprint density at radius 3 is 2.41 bits per heavy atom. The number of carbonyl (C=O) groups is 1. The molecule has 0 aliphatic heterocycles. The lowest BCUT2D eigenvalue weighted by Gasteiger charge is -2.53. The second kappa shape index (κ2) is 10.1. The number of carbonyl (C=O) groups excluding carboxylic acids is 1. The van der Waals surface area contributed by atoms with Crippen LogP contribution >= 0.6 is 0 Å². The van der Waals surface area contributed by atoms with Crippen molar-refractivity contribution in [3.63, 3.8) is 0 Å². The van der Waals surface area contributed by atoms with Gasteiger partial charge in [0.15, 0.2) is 17.5 Å². The van der Waals surface area contributed by atoms with Gasteiger partial charge in [-0.25, -0.2) is 4.98 Å². The van der Waals surface area contributed by atoms with Crippen LogP contribution in [0.1, 0.15) is 132 Å². The molecule has 1 aromatic carbocycles. The van der Waals surface area contributed by atoms with E-state index >= 15 is 0 Å². The Bertz CT molecular complexity index is 1390. The normalized spacial score (nSPS) is 28.2. The highest BCUT2D eigenvalue weighted by Gasteiger charge is 2.53. The molecule has 6 aliphatic carbocycles. The van der Waals surface area contributed by atoms with Crippen molar-refractivity contribution >= 4 is 11.6 Å². The predicted octanol–water partition coefficient (Wildman–Crippen LogP) is 8.08. The van der Waals surface area contributed by atoms with Crippen molar-refractivity contribution in [1.29, 1.82) is 0 Å². The lowest BCUT2D eigenvalue weighted by atomic mass is 9.53. The second-order valence-electron chi connectivity index (χ2n) is 14.1. The van der Waals surface area contributed by atoms with Crippen LogP contribution in [0.3, 0.4) is 0 Å². The number of nitrogens with zero attached hydrogens (tertiary/aromatic N) is 4. The molecule has 7 nitrogen and oxygen atoms in total. The zero-order valence-electron chi connectivity index (χ0n) is 24.2. The first-order chi connectivity index (χ1) is 20.1. The van der Waals surface area contributed by atoms with E-state index in [-0.39, 0.29) is 16.7 Å². The van der Waals surface area contributed by atoms with Gasteiger partial charge in [-0.15, -0.1) is 0 Å². The van der Waals surface area contributed by atoms with E-state index in [1.54, 1.807) is 0 Å². The Kier molecular flexibility index (Phi) is 6.33. The molecule has 0 radical (unpaired) electrons. The van der Waals surface area contributed by atoms with E-state index in [4.69, 9.17) is 13.9 Å². The van der Waals surface area contributed by atoms with E-state index in [1.807, 2.05) is 6.20 Å². The Balaban J connectivity index is 1.04. The Morgan fingerprint density at radius 2 is 1.68 bits per heavy atom. The van der Waals surface area contributed by atoms with Crippen LogP contribution in [0.25, 0.3) is 11.3 Å². The van der Waals surface area contributed by atoms with Gasteiger partial charge >= 0.3 is 0 Å². The van der Waals surface area contributed by atoms with Gasteiger partial charge in [-0.2, -0.15) is 4.98 Å². The van der Waals surface area contributed by atoms with Crippen LogP contribution in [0.2, 0.25) is 0 Å². The number of rotatable bonds is 9. The summed E-state index contributed by atoms with van der Waals surface area (Å²) in [6.45, 7) is 0.791. The molecule has 9 rings (SSSR count). The topological polar surface area (TPSA) is 85.3 Å². The van der Waals surface area contributed by atoms with E-state index in [2.05, 4.69) is 39.3 Å². The van der Waals surface area contributed by atoms with Crippen molar-refractivity contribution in [3.05, 3.63) is 48.1 Å².